The van der Waals surface area contributed by atoms with E-state index in [1.165, 1.54) is 16.7 Å². The quantitative estimate of drug-likeness (QED) is 0.766. The molecule has 1 amide bonds. The van der Waals surface area contributed by atoms with Gasteiger partial charge >= 0.3 is 0 Å². The Kier molecular flexibility index (Phi) is 6.75. The third-order valence-corrected chi connectivity index (χ3v) is 5.42. The minimum Gasteiger partial charge on any atom is -0.337 e. The smallest absolute Gasteiger partial charge is 0.246 e. The molecule has 2 rings (SSSR count). The Hall–Kier alpha value is -1.46. The van der Waals surface area contributed by atoms with Crippen molar-refractivity contribution in [3.8, 4) is 0 Å². The van der Waals surface area contributed by atoms with E-state index in [1.807, 2.05) is 11.0 Å². The van der Waals surface area contributed by atoms with E-state index in [4.69, 9.17) is 0 Å². The molecule has 0 bridgehead atoms. The molecular formula is C19H28N2O2S. The fraction of sp³-hybridized carbons (Fsp3) is 0.526. The van der Waals surface area contributed by atoms with Gasteiger partial charge in [-0.15, -0.1) is 0 Å². The maximum atomic E-state index is 12.4. The van der Waals surface area contributed by atoms with E-state index in [-0.39, 0.29) is 5.91 Å². The van der Waals surface area contributed by atoms with Crippen LogP contribution in [0.3, 0.4) is 0 Å². The Labute approximate surface area is 148 Å². The molecule has 0 N–H and O–H groups in total. The van der Waals surface area contributed by atoms with Crippen molar-refractivity contribution in [2.75, 3.05) is 44.7 Å². The number of hydrogen-bond acceptors (Lipinski definition) is 3. The molecule has 1 aliphatic rings. The lowest BCUT2D eigenvalue weighted by Crippen LogP contribution is -2.49. The van der Waals surface area contributed by atoms with Gasteiger partial charge in [-0.3, -0.25) is 13.9 Å². The lowest BCUT2D eigenvalue weighted by Gasteiger charge is -2.34. The first-order valence-corrected chi connectivity index (χ1v) is 10.2. The van der Waals surface area contributed by atoms with Crippen molar-refractivity contribution in [3.63, 3.8) is 0 Å². The monoisotopic (exact) mass is 348 g/mol. The van der Waals surface area contributed by atoms with Gasteiger partial charge in [0.25, 0.3) is 0 Å². The molecule has 5 heteroatoms. The van der Waals surface area contributed by atoms with Gasteiger partial charge in [0.1, 0.15) is 0 Å². The minimum absolute atomic E-state index is 0.0753. The number of rotatable bonds is 5. The highest BCUT2D eigenvalue weighted by Crippen LogP contribution is 2.17. The standard InChI is InChI=1S/C19H28N2O2S/c1-15-13-17(3)18(14-16(15)2)5-6-19(22)21-9-7-20(8-10-21)11-12-24(4)23/h5-6,13-14H,7-12H2,1-4H3/b6-5+/t24-/m0/s1. The van der Waals surface area contributed by atoms with E-state index < -0.39 is 10.8 Å². The largest absolute Gasteiger partial charge is 0.337 e. The maximum Gasteiger partial charge on any atom is 0.246 e. The average molecular weight is 349 g/mol. The number of carbonyl (C=O) groups excluding carboxylic acids is 1. The van der Waals surface area contributed by atoms with Gasteiger partial charge in [0, 0.05) is 61.6 Å². The Bertz CT molecular complexity index is 647. The molecule has 0 unspecified atom stereocenters. The molecule has 0 radical (unpaired) electrons. The molecule has 1 fully saturated rings. The van der Waals surface area contributed by atoms with Crippen LogP contribution in [-0.4, -0.2) is 64.6 Å². The summed E-state index contributed by atoms with van der Waals surface area (Å²) in [4.78, 5) is 16.6. The van der Waals surface area contributed by atoms with Crippen molar-refractivity contribution in [2.45, 2.75) is 20.8 Å². The number of benzene rings is 1. The molecule has 4 nitrogen and oxygen atoms in total. The van der Waals surface area contributed by atoms with Crippen LogP contribution in [0.4, 0.5) is 0 Å². The number of piperazine rings is 1. The van der Waals surface area contributed by atoms with Crippen molar-refractivity contribution in [2.24, 2.45) is 0 Å². The number of hydrogen-bond donors (Lipinski definition) is 0. The second-order valence-corrected chi connectivity index (χ2v) is 8.13. The summed E-state index contributed by atoms with van der Waals surface area (Å²) in [6.07, 6.45) is 5.35. The second-order valence-electron chi connectivity index (χ2n) is 6.57. The molecule has 1 aromatic rings. The van der Waals surface area contributed by atoms with E-state index in [0.717, 1.165) is 38.3 Å². The van der Waals surface area contributed by atoms with Gasteiger partial charge in [-0.25, -0.2) is 0 Å². The van der Waals surface area contributed by atoms with E-state index in [1.54, 1.807) is 12.3 Å². The molecule has 0 aromatic heterocycles. The van der Waals surface area contributed by atoms with Gasteiger partial charge in [0.15, 0.2) is 0 Å². The van der Waals surface area contributed by atoms with E-state index in [9.17, 15) is 9.00 Å². The zero-order chi connectivity index (χ0) is 17.7. The number of amides is 1. The third kappa shape index (κ3) is 5.28. The van der Waals surface area contributed by atoms with Gasteiger partial charge in [-0.2, -0.15) is 0 Å². The molecule has 1 saturated heterocycles. The normalized spacial score (nSPS) is 17.4. The zero-order valence-electron chi connectivity index (χ0n) is 15.2. The number of nitrogens with zero attached hydrogens (tertiary/aromatic N) is 2. The van der Waals surface area contributed by atoms with Crippen LogP contribution >= 0.6 is 0 Å². The van der Waals surface area contributed by atoms with E-state index >= 15 is 0 Å². The van der Waals surface area contributed by atoms with Crippen LogP contribution in [-0.2, 0) is 15.6 Å². The maximum absolute atomic E-state index is 12.4. The van der Waals surface area contributed by atoms with E-state index in [0.29, 0.717) is 5.75 Å². The molecule has 1 heterocycles. The number of carbonyl (C=O) groups is 1. The number of aryl methyl sites for hydroxylation is 3. The molecule has 132 valence electrons. The fourth-order valence-electron chi connectivity index (χ4n) is 2.88. The van der Waals surface area contributed by atoms with Gasteiger partial charge < -0.3 is 4.90 Å². The summed E-state index contributed by atoms with van der Waals surface area (Å²) in [5.41, 5.74) is 4.82. The summed E-state index contributed by atoms with van der Waals surface area (Å²) in [6.45, 7) is 10.3. The first kappa shape index (κ1) is 18.9. The molecule has 1 aliphatic heterocycles. The summed E-state index contributed by atoms with van der Waals surface area (Å²) in [6, 6.07) is 4.30. The Morgan fingerprint density at radius 1 is 1.08 bits per heavy atom. The minimum atomic E-state index is -0.748. The molecule has 0 spiro atoms. The fourth-order valence-corrected chi connectivity index (χ4v) is 3.39. The molecule has 1 aromatic carbocycles. The lowest BCUT2D eigenvalue weighted by atomic mass is 10.0. The van der Waals surface area contributed by atoms with Gasteiger partial charge in [-0.1, -0.05) is 12.1 Å². The van der Waals surface area contributed by atoms with Crippen LogP contribution in [0.15, 0.2) is 18.2 Å². The van der Waals surface area contributed by atoms with Crippen molar-refractivity contribution in [1.29, 1.82) is 0 Å². The van der Waals surface area contributed by atoms with E-state index in [2.05, 4.69) is 37.8 Å². The van der Waals surface area contributed by atoms with Crippen LogP contribution in [0, 0.1) is 20.8 Å². The predicted octanol–water partition coefficient (Wildman–Crippen LogP) is 2.15. The summed E-state index contributed by atoms with van der Waals surface area (Å²) < 4.78 is 11.2. The molecule has 24 heavy (non-hydrogen) atoms. The topological polar surface area (TPSA) is 40.6 Å². The lowest BCUT2D eigenvalue weighted by molar-refractivity contribution is -0.127. The van der Waals surface area contributed by atoms with Gasteiger partial charge in [-0.05, 0) is 49.1 Å². The summed E-state index contributed by atoms with van der Waals surface area (Å²) in [5.74, 6) is 0.784. The van der Waals surface area contributed by atoms with Gasteiger partial charge in [0.05, 0.1) is 0 Å². The van der Waals surface area contributed by atoms with Crippen molar-refractivity contribution < 1.29 is 9.00 Å². The summed E-state index contributed by atoms with van der Waals surface area (Å²) >= 11 is 0. The Balaban J connectivity index is 1.90. The molecular weight excluding hydrogens is 320 g/mol. The van der Waals surface area contributed by atoms with Crippen molar-refractivity contribution >= 4 is 22.8 Å². The van der Waals surface area contributed by atoms with Crippen molar-refractivity contribution in [3.05, 3.63) is 40.5 Å². The molecule has 1 atom stereocenters. The SMILES string of the molecule is Cc1cc(C)c(/C=C/C(=O)N2CCN(CC[S@](C)=O)CC2)cc1C. The highest BCUT2D eigenvalue weighted by molar-refractivity contribution is 7.84. The second kappa shape index (κ2) is 8.58. The Morgan fingerprint density at radius 3 is 2.33 bits per heavy atom. The highest BCUT2D eigenvalue weighted by atomic mass is 32.2. The first-order valence-electron chi connectivity index (χ1n) is 8.44. The zero-order valence-corrected chi connectivity index (χ0v) is 16.0. The Morgan fingerprint density at radius 2 is 1.71 bits per heavy atom. The van der Waals surface area contributed by atoms with Gasteiger partial charge in [0.2, 0.25) is 5.91 Å². The van der Waals surface area contributed by atoms with Crippen LogP contribution in [0.25, 0.3) is 6.08 Å². The highest BCUT2D eigenvalue weighted by Gasteiger charge is 2.19. The van der Waals surface area contributed by atoms with Crippen LogP contribution < -0.4 is 0 Å². The first-order chi connectivity index (χ1) is 11.4. The van der Waals surface area contributed by atoms with Crippen LogP contribution in [0.5, 0.6) is 0 Å². The molecule has 0 saturated carbocycles. The van der Waals surface area contributed by atoms with Crippen molar-refractivity contribution in [1.82, 2.24) is 9.80 Å². The summed E-state index contributed by atoms with van der Waals surface area (Å²) in [5, 5.41) is 0. The van der Waals surface area contributed by atoms with Crippen LogP contribution in [0.2, 0.25) is 0 Å². The third-order valence-electron chi connectivity index (χ3n) is 4.67. The molecule has 0 aliphatic carbocycles. The summed E-state index contributed by atoms with van der Waals surface area (Å²) in [7, 11) is -0.748. The average Bonchev–Trinajstić information content (AvgIpc) is 2.55. The predicted molar refractivity (Wildman–Crippen MR) is 102 cm³/mol. The van der Waals surface area contributed by atoms with Crippen LogP contribution in [0.1, 0.15) is 22.3 Å².